The molecule has 17 heavy (non-hydrogen) atoms. The number of aliphatic carboxylic acids is 1. The van der Waals surface area contributed by atoms with E-state index in [4.69, 9.17) is 26.2 Å². The van der Waals surface area contributed by atoms with Gasteiger partial charge in [0.15, 0.2) is 11.5 Å². The van der Waals surface area contributed by atoms with Crippen molar-refractivity contribution < 1.29 is 19.4 Å². The van der Waals surface area contributed by atoms with Crippen LogP contribution in [0.1, 0.15) is 18.9 Å². The molecular formula is C12H15ClO4. The van der Waals surface area contributed by atoms with Crippen LogP contribution in [0.5, 0.6) is 11.5 Å². The number of carbonyl (C=O) groups is 1. The van der Waals surface area contributed by atoms with Crippen LogP contribution >= 0.6 is 11.6 Å². The Morgan fingerprint density at radius 2 is 2.18 bits per heavy atom. The van der Waals surface area contributed by atoms with E-state index in [1.807, 2.05) is 6.92 Å². The highest BCUT2D eigenvalue weighted by atomic mass is 35.5. The minimum absolute atomic E-state index is 0.00691. The number of ether oxygens (including phenoxy) is 2. The van der Waals surface area contributed by atoms with Gasteiger partial charge in [-0.1, -0.05) is 11.6 Å². The number of carboxylic acid groups (broad SMARTS) is 1. The molecule has 1 N–H and O–H groups in total. The van der Waals surface area contributed by atoms with Gasteiger partial charge in [-0.3, -0.25) is 4.79 Å². The quantitative estimate of drug-likeness (QED) is 0.852. The van der Waals surface area contributed by atoms with Gasteiger partial charge in [0, 0.05) is 17.0 Å². The monoisotopic (exact) mass is 258 g/mol. The summed E-state index contributed by atoms with van der Waals surface area (Å²) < 4.78 is 10.6. The highest BCUT2D eigenvalue weighted by molar-refractivity contribution is 6.31. The van der Waals surface area contributed by atoms with Crippen molar-refractivity contribution in [2.45, 2.75) is 19.8 Å². The largest absolute Gasteiger partial charge is 0.493 e. The summed E-state index contributed by atoms with van der Waals surface area (Å²) in [5.74, 6) is 0.228. The molecule has 0 aliphatic carbocycles. The van der Waals surface area contributed by atoms with E-state index in [0.29, 0.717) is 35.1 Å². The Morgan fingerprint density at radius 1 is 1.47 bits per heavy atom. The molecule has 0 aliphatic rings. The summed E-state index contributed by atoms with van der Waals surface area (Å²) in [6, 6.07) is 3.39. The van der Waals surface area contributed by atoms with E-state index in [1.54, 1.807) is 12.1 Å². The van der Waals surface area contributed by atoms with E-state index in [1.165, 1.54) is 7.11 Å². The molecule has 0 heterocycles. The Kier molecular flexibility index (Phi) is 5.10. The van der Waals surface area contributed by atoms with Crippen molar-refractivity contribution in [1.82, 2.24) is 0 Å². The molecule has 5 heteroatoms. The maximum absolute atomic E-state index is 10.6. The number of methoxy groups -OCH3 is 1. The number of halogens is 1. The average Bonchev–Trinajstić information content (AvgIpc) is 2.28. The minimum Gasteiger partial charge on any atom is -0.493 e. The number of hydrogen-bond acceptors (Lipinski definition) is 3. The number of hydrogen-bond donors (Lipinski definition) is 1. The highest BCUT2D eigenvalue weighted by Crippen LogP contribution is 2.36. The lowest BCUT2D eigenvalue weighted by Gasteiger charge is -2.15. The Morgan fingerprint density at radius 3 is 2.71 bits per heavy atom. The molecule has 94 valence electrons. The zero-order valence-electron chi connectivity index (χ0n) is 9.83. The van der Waals surface area contributed by atoms with Gasteiger partial charge < -0.3 is 14.6 Å². The van der Waals surface area contributed by atoms with Crippen molar-refractivity contribution >= 4 is 17.6 Å². The molecule has 0 aliphatic heterocycles. The van der Waals surface area contributed by atoms with E-state index < -0.39 is 5.97 Å². The van der Waals surface area contributed by atoms with Gasteiger partial charge in [-0.05, 0) is 25.5 Å². The van der Waals surface area contributed by atoms with Crippen LogP contribution in [-0.4, -0.2) is 24.8 Å². The SMILES string of the molecule is CCOc1c(OC)ccc(Cl)c1CCC(=O)O. The molecule has 1 aromatic rings. The molecule has 1 aromatic carbocycles. The maximum Gasteiger partial charge on any atom is 0.303 e. The van der Waals surface area contributed by atoms with E-state index in [0.717, 1.165) is 0 Å². The second kappa shape index (κ2) is 6.35. The number of carboxylic acids is 1. The number of rotatable bonds is 6. The first-order chi connectivity index (χ1) is 8.10. The summed E-state index contributed by atoms with van der Waals surface area (Å²) in [5.41, 5.74) is 0.676. The summed E-state index contributed by atoms with van der Waals surface area (Å²) in [7, 11) is 1.53. The lowest BCUT2D eigenvalue weighted by Crippen LogP contribution is -2.03. The fraction of sp³-hybridized carbons (Fsp3) is 0.417. The third-order valence-corrected chi connectivity index (χ3v) is 2.62. The van der Waals surface area contributed by atoms with Crippen molar-refractivity contribution in [1.29, 1.82) is 0 Å². The molecular weight excluding hydrogens is 244 g/mol. The van der Waals surface area contributed by atoms with E-state index in [9.17, 15) is 4.79 Å². The normalized spacial score (nSPS) is 10.1. The topological polar surface area (TPSA) is 55.8 Å². The zero-order chi connectivity index (χ0) is 12.8. The Balaban J connectivity index is 3.09. The van der Waals surface area contributed by atoms with E-state index in [-0.39, 0.29) is 6.42 Å². The first-order valence-corrected chi connectivity index (χ1v) is 5.67. The summed E-state index contributed by atoms with van der Waals surface area (Å²) >= 11 is 6.05. The number of benzene rings is 1. The highest BCUT2D eigenvalue weighted by Gasteiger charge is 2.15. The minimum atomic E-state index is -0.869. The van der Waals surface area contributed by atoms with Crippen molar-refractivity contribution in [3.63, 3.8) is 0 Å². The van der Waals surface area contributed by atoms with Gasteiger partial charge >= 0.3 is 5.97 Å². The summed E-state index contributed by atoms with van der Waals surface area (Å²) in [5, 5.41) is 9.19. The van der Waals surface area contributed by atoms with Gasteiger partial charge in [0.2, 0.25) is 0 Å². The van der Waals surface area contributed by atoms with Crippen LogP contribution in [0.25, 0.3) is 0 Å². The molecule has 0 fully saturated rings. The van der Waals surface area contributed by atoms with Crippen LogP contribution in [0, 0.1) is 0 Å². The summed E-state index contributed by atoms with van der Waals surface area (Å²) in [6.45, 7) is 2.32. The Hall–Kier alpha value is -1.42. The second-order valence-corrected chi connectivity index (χ2v) is 3.79. The zero-order valence-corrected chi connectivity index (χ0v) is 10.6. The molecule has 0 radical (unpaired) electrons. The van der Waals surface area contributed by atoms with Gasteiger partial charge in [0.05, 0.1) is 13.7 Å². The van der Waals surface area contributed by atoms with Gasteiger partial charge in [-0.25, -0.2) is 0 Å². The third-order valence-electron chi connectivity index (χ3n) is 2.26. The molecule has 0 saturated heterocycles. The van der Waals surface area contributed by atoms with Crippen molar-refractivity contribution in [2.24, 2.45) is 0 Å². The van der Waals surface area contributed by atoms with Crippen LogP contribution in [-0.2, 0) is 11.2 Å². The predicted octanol–water partition coefficient (Wildman–Crippen LogP) is 2.76. The van der Waals surface area contributed by atoms with Crippen LogP contribution < -0.4 is 9.47 Å². The van der Waals surface area contributed by atoms with Crippen LogP contribution in [0.3, 0.4) is 0 Å². The molecule has 0 aromatic heterocycles. The van der Waals surface area contributed by atoms with Crippen LogP contribution in [0.4, 0.5) is 0 Å². The van der Waals surface area contributed by atoms with Crippen molar-refractivity contribution in [2.75, 3.05) is 13.7 Å². The molecule has 0 spiro atoms. The molecule has 0 saturated carbocycles. The van der Waals surface area contributed by atoms with Crippen molar-refractivity contribution in [3.8, 4) is 11.5 Å². The van der Waals surface area contributed by atoms with Gasteiger partial charge in [0.1, 0.15) is 0 Å². The summed E-state index contributed by atoms with van der Waals surface area (Å²) in [4.78, 5) is 10.6. The first-order valence-electron chi connectivity index (χ1n) is 5.30. The lowest BCUT2D eigenvalue weighted by atomic mass is 10.1. The van der Waals surface area contributed by atoms with Crippen LogP contribution in [0.15, 0.2) is 12.1 Å². The molecule has 0 amide bonds. The fourth-order valence-electron chi connectivity index (χ4n) is 1.51. The second-order valence-electron chi connectivity index (χ2n) is 3.38. The third kappa shape index (κ3) is 3.53. The van der Waals surface area contributed by atoms with Crippen LogP contribution in [0.2, 0.25) is 5.02 Å². The van der Waals surface area contributed by atoms with Crippen molar-refractivity contribution in [3.05, 3.63) is 22.7 Å². The van der Waals surface area contributed by atoms with Gasteiger partial charge in [-0.15, -0.1) is 0 Å². The smallest absolute Gasteiger partial charge is 0.303 e. The van der Waals surface area contributed by atoms with E-state index >= 15 is 0 Å². The molecule has 0 unspecified atom stereocenters. The lowest BCUT2D eigenvalue weighted by molar-refractivity contribution is -0.136. The van der Waals surface area contributed by atoms with Gasteiger partial charge in [0.25, 0.3) is 0 Å². The Labute approximate surface area is 105 Å². The maximum atomic E-state index is 10.6. The fourth-order valence-corrected chi connectivity index (χ4v) is 1.75. The first kappa shape index (κ1) is 13.6. The summed E-state index contributed by atoms with van der Waals surface area (Å²) in [6.07, 6.45) is 0.327. The molecule has 1 rings (SSSR count). The Bertz CT molecular complexity index is 404. The average molecular weight is 259 g/mol. The van der Waals surface area contributed by atoms with E-state index in [2.05, 4.69) is 0 Å². The van der Waals surface area contributed by atoms with Gasteiger partial charge in [-0.2, -0.15) is 0 Å². The molecule has 0 bridgehead atoms. The predicted molar refractivity (Wildman–Crippen MR) is 65.1 cm³/mol. The standard InChI is InChI=1S/C12H15ClO4/c1-3-17-12-8(4-7-11(14)15)9(13)5-6-10(12)16-2/h5-6H,3-4,7H2,1-2H3,(H,14,15). The molecule has 4 nitrogen and oxygen atoms in total. The molecule has 0 atom stereocenters.